The van der Waals surface area contributed by atoms with Crippen molar-refractivity contribution >= 4 is 45.2 Å². The zero-order chi connectivity index (χ0) is 15.4. The predicted octanol–water partition coefficient (Wildman–Crippen LogP) is 1.85. The molecule has 0 spiro atoms. The topological polar surface area (TPSA) is 89.4 Å². The first-order valence-corrected chi connectivity index (χ1v) is 8.50. The van der Waals surface area contributed by atoms with Crippen LogP contribution in [0.2, 0.25) is 0 Å². The van der Waals surface area contributed by atoms with Gasteiger partial charge in [0.05, 0.1) is 11.7 Å². The Balaban J connectivity index is 1.92. The number of nitrogen functional groups attached to an aromatic ring is 1. The summed E-state index contributed by atoms with van der Waals surface area (Å²) in [6.07, 6.45) is 1.59. The molecular weight excluding hydrogens is 354 g/mol. The van der Waals surface area contributed by atoms with Gasteiger partial charge in [-0.1, -0.05) is 15.9 Å². The van der Waals surface area contributed by atoms with E-state index in [-0.39, 0.29) is 17.7 Å². The predicted molar refractivity (Wildman–Crippen MR) is 87.8 cm³/mol. The Hall–Kier alpha value is -1.21. The molecule has 1 heterocycles. The van der Waals surface area contributed by atoms with Gasteiger partial charge in [-0.05, 0) is 31.0 Å². The van der Waals surface area contributed by atoms with Crippen LogP contribution in [0.5, 0.6) is 0 Å². The highest BCUT2D eigenvalue weighted by molar-refractivity contribution is 9.10. The Kier molecular flexibility index (Phi) is 5.52. The first-order chi connectivity index (χ1) is 9.97. The van der Waals surface area contributed by atoms with E-state index in [9.17, 15) is 9.59 Å². The highest BCUT2D eigenvalue weighted by Crippen LogP contribution is 2.28. The maximum Gasteiger partial charge on any atom is 0.232 e. The van der Waals surface area contributed by atoms with Crippen LogP contribution in [0.4, 0.5) is 5.69 Å². The summed E-state index contributed by atoms with van der Waals surface area (Å²) in [6.45, 7) is 1.12. The van der Waals surface area contributed by atoms with Crippen molar-refractivity contribution in [2.24, 2.45) is 11.7 Å². The van der Waals surface area contributed by atoms with Gasteiger partial charge in [0.1, 0.15) is 0 Å². The maximum absolute atomic E-state index is 12.2. The van der Waals surface area contributed by atoms with Crippen LogP contribution in [0.1, 0.15) is 12.8 Å². The van der Waals surface area contributed by atoms with E-state index in [1.807, 2.05) is 12.1 Å². The van der Waals surface area contributed by atoms with Crippen molar-refractivity contribution in [3.05, 3.63) is 22.7 Å². The van der Waals surface area contributed by atoms with Gasteiger partial charge >= 0.3 is 0 Å². The monoisotopic (exact) mass is 371 g/mol. The molecule has 0 aromatic heterocycles. The molecule has 0 saturated carbocycles. The van der Waals surface area contributed by atoms with Gasteiger partial charge in [-0.25, -0.2) is 0 Å². The number of carbonyl (C=O) groups is 2. The lowest BCUT2D eigenvalue weighted by molar-refractivity contribution is -0.132. The van der Waals surface area contributed by atoms with E-state index in [1.165, 1.54) is 11.8 Å². The molecule has 1 saturated heterocycles. The number of piperidine rings is 1. The molecule has 0 radical (unpaired) electrons. The van der Waals surface area contributed by atoms with Crippen molar-refractivity contribution in [1.29, 1.82) is 0 Å². The Labute approximate surface area is 136 Å². The number of carbonyl (C=O) groups excluding carboxylic acids is 2. The van der Waals surface area contributed by atoms with E-state index in [0.29, 0.717) is 24.5 Å². The molecule has 1 aromatic carbocycles. The molecule has 0 bridgehead atoms. The van der Waals surface area contributed by atoms with E-state index in [0.717, 1.165) is 22.2 Å². The minimum absolute atomic E-state index is 0.0188. The Bertz CT molecular complexity index is 553. The molecule has 1 fully saturated rings. The summed E-state index contributed by atoms with van der Waals surface area (Å²) in [5, 5.41) is 0. The average Bonchev–Trinajstić information content (AvgIpc) is 2.48. The summed E-state index contributed by atoms with van der Waals surface area (Å²) in [7, 11) is 0. The van der Waals surface area contributed by atoms with Crippen LogP contribution in [0.25, 0.3) is 0 Å². The van der Waals surface area contributed by atoms with E-state index in [1.54, 1.807) is 11.0 Å². The molecule has 1 aliphatic rings. The summed E-state index contributed by atoms with van der Waals surface area (Å²) in [5.41, 5.74) is 11.9. The SMILES string of the molecule is NC(=O)C1CCCN(C(=O)CSc2cc(Br)ccc2N)C1. The van der Waals surface area contributed by atoms with Gasteiger partial charge < -0.3 is 16.4 Å². The fraction of sp³-hybridized carbons (Fsp3) is 0.429. The molecule has 114 valence electrons. The third-order valence-corrected chi connectivity index (χ3v) is 5.05. The molecule has 4 N–H and O–H groups in total. The van der Waals surface area contributed by atoms with Gasteiger partial charge in [0, 0.05) is 28.1 Å². The van der Waals surface area contributed by atoms with Crippen LogP contribution in [-0.4, -0.2) is 35.6 Å². The molecule has 1 unspecified atom stereocenters. The molecule has 7 heteroatoms. The second-order valence-corrected chi connectivity index (χ2v) is 6.98. The number of halogens is 1. The molecule has 1 atom stereocenters. The first kappa shape index (κ1) is 16.2. The van der Waals surface area contributed by atoms with Gasteiger partial charge in [0.15, 0.2) is 0 Å². The molecular formula is C14H18BrN3O2S. The molecule has 21 heavy (non-hydrogen) atoms. The fourth-order valence-electron chi connectivity index (χ4n) is 2.30. The van der Waals surface area contributed by atoms with Gasteiger partial charge in [0.25, 0.3) is 0 Å². The highest BCUT2D eigenvalue weighted by atomic mass is 79.9. The van der Waals surface area contributed by atoms with Crippen LogP contribution in [-0.2, 0) is 9.59 Å². The Morgan fingerprint density at radius 2 is 2.19 bits per heavy atom. The van der Waals surface area contributed by atoms with Gasteiger partial charge in [-0.2, -0.15) is 0 Å². The van der Waals surface area contributed by atoms with Gasteiger partial charge in [-0.15, -0.1) is 11.8 Å². The average molecular weight is 372 g/mol. The summed E-state index contributed by atoms with van der Waals surface area (Å²) in [6, 6.07) is 5.57. The van der Waals surface area contributed by atoms with E-state index < -0.39 is 0 Å². The number of rotatable bonds is 4. The molecule has 2 amide bonds. The van der Waals surface area contributed by atoms with Crippen molar-refractivity contribution in [3.8, 4) is 0 Å². The van der Waals surface area contributed by atoms with Crippen LogP contribution >= 0.6 is 27.7 Å². The number of benzene rings is 1. The number of nitrogens with zero attached hydrogens (tertiary/aromatic N) is 1. The number of hydrogen-bond donors (Lipinski definition) is 2. The number of thioether (sulfide) groups is 1. The van der Waals surface area contributed by atoms with Crippen molar-refractivity contribution in [1.82, 2.24) is 4.90 Å². The quantitative estimate of drug-likeness (QED) is 0.624. The molecule has 5 nitrogen and oxygen atoms in total. The third kappa shape index (κ3) is 4.38. The van der Waals surface area contributed by atoms with Crippen LogP contribution in [0.3, 0.4) is 0 Å². The second kappa shape index (κ2) is 7.17. The lowest BCUT2D eigenvalue weighted by Crippen LogP contribution is -2.44. The second-order valence-electron chi connectivity index (χ2n) is 5.05. The van der Waals surface area contributed by atoms with Crippen LogP contribution < -0.4 is 11.5 Å². The van der Waals surface area contributed by atoms with Crippen LogP contribution in [0.15, 0.2) is 27.6 Å². The third-order valence-electron chi connectivity index (χ3n) is 3.50. The van der Waals surface area contributed by atoms with E-state index in [4.69, 9.17) is 11.5 Å². The lowest BCUT2D eigenvalue weighted by Gasteiger charge is -2.31. The number of anilines is 1. The molecule has 2 rings (SSSR count). The molecule has 0 aliphatic carbocycles. The molecule has 1 aliphatic heterocycles. The maximum atomic E-state index is 12.2. The highest BCUT2D eigenvalue weighted by Gasteiger charge is 2.26. The Morgan fingerprint density at radius 3 is 2.90 bits per heavy atom. The van der Waals surface area contributed by atoms with Crippen molar-refractivity contribution in [2.75, 3.05) is 24.6 Å². The minimum Gasteiger partial charge on any atom is -0.398 e. The van der Waals surface area contributed by atoms with Crippen molar-refractivity contribution in [3.63, 3.8) is 0 Å². The minimum atomic E-state index is -0.323. The van der Waals surface area contributed by atoms with Crippen LogP contribution in [0, 0.1) is 5.92 Å². The Morgan fingerprint density at radius 1 is 1.43 bits per heavy atom. The summed E-state index contributed by atoms with van der Waals surface area (Å²) < 4.78 is 0.929. The van der Waals surface area contributed by atoms with Crippen molar-refractivity contribution < 1.29 is 9.59 Å². The van der Waals surface area contributed by atoms with E-state index in [2.05, 4.69) is 15.9 Å². The number of primary amides is 1. The summed E-state index contributed by atoms with van der Waals surface area (Å²) >= 11 is 4.80. The number of likely N-dealkylation sites (tertiary alicyclic amines) is 1. The standard InChI is InChI=1S/C14H18BrN3O2S/c15-10-3-4-11(16)12(6-10)21-8-13(19)18-5-1-2-9(7-18)14(17)20/h3-4,6,9H,1-2,5,7-8,16H2,(H2,17,20). The van der Waals surface area contributed by atoms with Crippen molar-refractivity contribution in [2.45, 2.75) is 17.7 Å². The number of hydrogen-bond acceptors (Lipinski definition) is 4. The lowest BCUT2D eigenvalue weighted by atomic mass is 9.97. The zero-order valence-electron chi connectivity index (χ0n) is 11.5. The fourth-order valence-corrected chi connectivity index (χ4v) is 3.72. The molecule has 1 aromatic rings. The van der Waals surface area contributed by atoms with Gasteiger partial charge in [0.2, 0.25) is 11.8 Å². The number of amides is 2. The van der Waals surface area contributed by atoms with E-state index >= 15 is 0 Å². The largest absolute Gasteiger partial charge is 0.398 e. The smallest absolute Gasteiger partial charge is 0.232 e. The number of nitrogens with two attached hydrogens (primary N) is 2. The summed E-state index contributed by atoms with van der Waals surface area (Å²) in [5.74, 6) is -0.211. The zero-order valence-corrected chi connectivity index (χ0v) is 14.0. The normalized spacial score (nSPS) is 18.5. The first-order valence-electron chi connectivity index (χ1n) is 6.72. The van der Waals surface area contributed by atoms with Gasteiger partial charge in [-0.3, -0.25) is 9.59 Å². The summed E-state index contributed by atoms with van der Waals surface area (Å²) in [4.78, 5) is 26.1.